The molecule has 1 rings (SSSR count). The number of sulfonamides is 1. The third kappa shape index (κ3) is 7.32. The molecule has 0 aliphatic rings. The third-order valence-electron chi connectivity index (χ3n) is 3.40. The second kappa shape index (κ2) is 10.1. The van der Waals surface area contributed by atoms with E-state index in [9.17, 15) is 13.2 Å². The summed E-state index contributed by atoms with van der Waals surface area (Å²) in [6.07, 6.45) is 1.52. The highest BCUT2D eigenvalue weighted by atomic mass is 35.5. The van der Waals surface area contributed by atoms with Gasteiger partial charge in [0.15, 0.2) is 0 Å². The lowest BCUT2D eigenvalue weighted by Crippen LogP contribution is -2.45. The fourth-order valence-corrected chi connectivity index (χ4v) is 3.81. The smallest absolute Gasteiger partial charge is 0.251 e. The fraction of sp³-hybridized carbons (Fsp3) is 0.588. The van der Waals surface area contributed by atoms with Crippen LogP contribution in [-0.2, 0) is 10.0 Å². The van der Waals surface area contributed by atoms with Gasteiger partial charge in [-0.05, 0) is 51.0 Å². The first-order chi connectivity index (χ1) is 11.1. The SMILES string of the molecule is CCCN(CCC)S(=O)(=O)c1ccc(C(=O)NCC(C)(C)N)cc1.Cl. The van der Waals surface area contributed by atoms with Gasteiger partial charge in [0.25, 0.3) is 5.91 Å². The van der Waals surface area contributed by atoms with Crippen LogP contribution in [-0.4, -0.2) is 43.8 Å². The van der Waals surface area contributed by atoms with Crippen molar-refractivity contribution < 1.29 is 13.2 Å². The largest absolute Gasteiger partial charge is 0.350 e. The molecule has 0 saturated heterocycles. The van der Waals surface area contributed by atoms with Gasteiger partial charge in [-0.25, -0.2) is 8.42 Å². The van der Waals surface area contributed by atoms with Crippen LogP contribution < -0.4 is 11.1 Å². The van der Waals surface area contributed by atoms with Crippen LogP contribution in [0.25, 0.3) is 0 Å². The van der Waals surface area contributed by atoms with Crippen LogP contribution in [0.1, 0.15) is 50.9 Å². The molecule has 0 aromatic heterocycles. The molecule has 0 unspecified atom stereocenters. The van der Waals surface area contributed by atoms with Crippen LogP contribution in [0.15, 0.2) is 29.2 Å². The number of nitrogens with one attached hydrogen (secondary N) is 1. The number of carbonyl (C=O) groups is 1. The number of nitrogens with zero attached hydrogens (tertiary/aromatic N) is 1. The molecule has 6 nitrogen and oxygen atoms in total. The van der Waals surface area contributed by atoms with Crippen LogP contribution in [0, 0.1) is 0 Å². The molecule has 0 atom stereocenters. The number of amides is 1. The van der Waals surface area contributed by atoms with Gasteiger partial charge < -0.3 is 11.1 Å². The van der Waals surface area contributed by atoms with Gasteiger partial charge in [0.1, 0.15) is 0 Å². The predicted octanol–water partition coefficient (Wildman–Crippen LogP) is 2.39. The molecule has 0 radical (unpaired) electrons. The molecule has 0 bridgehead atoms. The molecule has 0 aliphatic heterocycles. The zero-order valence-corrected chi connectivity index (χ0v) is 17.0. The van der Waals surface area contributed by atoms with E-state index in [4.69, 9.17) is 5.73 Å². The maximum atomic E-state index is 12.7. The Balaban J connectivity index is 0.00000576. The Morgan fingerprint density at radius 1 is 1.12 bits per heavy atom. The molecule has 0 aliphatic carbocycles. The van der Waals surface area contributed by atoms with Crippen molar-refractivity contribution in [3.05, 3.63) is 29.8 Å². The Bertz CT molecular complexity index is 634. The van der Waals surface area contributed by atoms with Crippen molar-refractivity contribution in [3.63, 3.8) is 0 Å². The van der Waals surface area contributed by atoms with E-state index in [0.29, 0.717) is 25.2 Å². The molecular weight excluding hydrogens is 362 g/mol. The summed E-state index contributed by atoms with van der Waals surface area (Å²) in [5, 5.41) is 2.74. The molecule has 0 saturated carbocycles. The number of nitrogens with two attached hydrogens (primary N) is 1. The van der Waals surface area contributed by atoms with Gasteiger partial charge >= 0.3 is 0 Å². The summed E-state index contributed by atoms with van der Waals surface area (Å²) in [5.41, 5.74) is 5.75. The zero-order chi connectivity index (χ0) is 18.4. The van der Waals surface area contributed by atoms with E-state index in [1.54, 1.807) is 0 Å². The summed E-state index contributed by atoms with van der Waals surface area (Å²) in [5.74, 6) is -0.267. The van der Waals surface area contributed by atoms with Crippen molar-refractivity contribution in [2.45, 2.75) is 51.0 Å². The molecule has 25 heavy (non-hydrogen) atoms. The van der Waals surface area contributed by atoms with Gasteiger partial charge in [-0.3, -0.25) is 4.79 Å². The number of rotatable bonds is 9. The molecule has 0 heterocycles. The molecule has 0 fully saturated rings. The lowest BCUT2D eigenvalue weighted by atomic mass is 10.1. The third-order valence-corrected chi connectivity index (χ3v) is 5.32. The molecule has 1 amide bonds. The molecule has 8 heteroatoms. The van der Waals surface area contributed by atoms with Crippen molar-refractivity contribution >= 4 is 28.3 Å². The second-order valence-corrected chi connectivity index (χ2v) is 8.54. The van der Waals surface area contributed by atoms with E-state index in [2.05, 4.69) is 5.32 Å². The van der Waals surface area contributed by atoms with E-state index in [-0.39, 0.29) is 23.2 Å². The summed E-state index contributed by atoms with van der Waals surface area (Å²) in [6, 6.07) is 6.02. The zero-order valence-electron chi connectivity index (χ0n) is 15.4. The average molecular weight is 392 g/mol. The van der Waals surface area contributed by atoms with Gasteiger partial charge in [-0.15, -0.1) is 12.4 Å². The average Bonchev–Trinajstić information content (AvgIpc) is 2.52. The highest BCUT2D eigenvalue weighted by molar-refractivity contribution is 7.89. The van der Waals surface area contributed by atoms with Crippen LogP contribution in [0.2, 0.25) is 0 Å². The lowest BCUT2D eigenvalue weighted by molar-refractivity contribution is 0.0946. The molecule has 144 valence electrons. The molecule has 1 aromatic carbocycles. The highest BCUT2D eigenvalue weighted by Gasteiger charge is 2.23. The van der Waals surface area contributed by atoms with Gasteiger partial charge in [-0.2, -0.15) is 4.31 Å². The second-order valence-electron chi connectivity index (χ2n) is 6.60. The van der Waals surface area contributed by atoms with E-state index < -0.39 is 15.6 Å². The molecule has 0 spiro atoms. The number of carbonyl (C=O) groups excluding carboxylic acids is 1. The minimum atomic E-state index is -3.52. The summed E-state index contributed by atoms with van der Waals surface area (Å²) < 4.78 is 26.8. The summed E-state index contributed by atoms with van der Waals surface area (Å²) >= 11 is 0. The first-order valence-corrected chi connectivity index (χ1v) is 9.73. The van der Waals surface area contributed by atoms with Gasteiger partial charge in [0, 0.05) is 30.7 Å². The van der Waals surface area contributed by atoms with Gasteiger partial charge in [-0.1, -0.05) is 13.8 Å². The molecular formula is C17H30ClN3O3S. The Kier molecular flexibility index (Phi) is 9.64. The van der Waals surface area contributed by atoms with E-state index in [0.717, 1.165) is 12.8 Å². The maximum Gasteiger partial charge on any atom is 0.251 e. The quantitative estimate of drug-likeness (QED) is 0.675. The van der Waals surface area contributed by atoms with Crippen LogP contribution in [0.4, 0.5) is 0 Å². The predicted molar refractivity (Wildman–Crippen MR) is 104 cm³/mol. The Hall–Kier alpha value is -1.15. The van der Waals surface area contributed by atoms with Crippen LogP contribution >= 0.6 is 12.4 Å². The van der Waals surface area contributed by atoms with Gasteiger partial charge in [0.05, 0.1) is 4.90 Å². The Morgan fingerprint density at radius 3 is 2.00 bits per heavy atom. The van der Waals surface area contributed by atoms with E-state index in [1.807, 2.05) is 27.7 Å². The van der Waals surface area contributed by atoms with Crippen LogP contribution in [0.3, 0.4) is 0 Å². The lowest BCUT2D eigenvalue weighted by Gasteiger charge is -2.21. The normalized spacial score (nSPS) is 11.9. The van der Waals surface area contributed by atoms with Crippen molar-refractivity contribution in [1.82, 2.24) is 9.62 Å². The van der Waals surface area contributed by atoms with Crippen molar-refractivity contribution in [2.75, 3.05) is 19.6 Å². The minimum absolute atomic E-state index is 0. The fourth-order valence-electron chi connectivity index (χ4n) is 2.19. The molecule has 3 N–H and O–H groups in total. The van der Waals surface area contributed by atoms with Crippen LogP contribution in [0.5, 0.6) is 0 Å². The first kappa shape index (κ1) is 23.9. The number of halogens is 1. The topological polar surface area (TPSA) is 92.5 Å². The van der Waals surface area contributed by atoms with Crippen molar-refractivity contribution in [1.29, 1.82) is 0 Å². The maximum absolute atomic E-state index is 12.7. The van der Waals surface area contributed by atoms with E-state index >= 15 is 0 Å². The molecule has 1 aromatic rings. The first-order valence-electron chi connectivity index (χ1n) is 8.29. The van der Waals surface area contributed by atoms with Gasteiger partial charge in [0.2, 0.25) is 10.0 Å². The number of benzene rings is 1. The van der Waals surface area contributed by atoms with E-state index in [1.165, 1.54) is 28.6 Å². The minimum Gasteiger partial charge on any atom is -0.350 e. The monoisotopic (exact) mass is 391 g/mol. The van der Waals surface area contributed by atoms with Crippen molar-refractivity contribution in [2.24, 2.45) is 5.73 Å². The summed E-state index contributed by atoms with van der Waals surface area (Å²) in [6.45, 7) is 8.85. The summed E-state index contributed by atoms with van der Waals surface area (Å²) in [4.78, 5) is 12.3. The summed E-state index contributed by atoms with van der Waals surface area (Å²) in [7, 11) is -3.52. The van der Waals surface area contributed by atoms with Crippen molar-refractivity contribution in [3.8, 4) is 0 Å². The standard InChI is InChI=1S/C17H29N3O3S.ClH/c1-5-11-20(12-6-2)24(22,23)15-9-7-14(8-10-15)16(21)19-13-17(3,4)18;/h7-10H,5-6,11-13,18H2,1-4H3,(H,19,21);1H. The highest BCUT2D eigenvalue weighted by Crippen LogP contribution is 2.17. The number of hydrogen-bond acceptors (Lipinski definition) is 4. The Labute approximate surface area is 157 Å². The Morgan fingerprint density at radius 2 is 1.60 bits per heavy atom. The number of hydrogen-bond donors (Lipinski definition) is 2.